The fourth-order valence-corrected chi connectivity index (χ4v) is 2.85. The van der Waals surface area contributed by atoms with Crippen LogP contribution in [0, 0.1) is 0 Å². The summed E-state index contributed by atoms with van der Waals surface area (Å²) in [4.78, 5) is 0. The van der Waals surface area contributed by atoms with Crippen molar-refractivity contribution in [3.05, 3.63) is 17.3 Å². The van der Waals surface area contributed by atoms with Crippen LogP contribution in [0.25, 0.3) is 0 Å². The summed E-state index contributed by atoms with van der Waals surface area (Å²) >= 11 is 1.63. The molecule has 0 fully saturated rings. The Morgan fingerprint density at radius 2 is 1.50 bits per heavy atom. The van der Waals surface area contributed by atoms with Crippen molar-refractivity contribution in [2.45, 2.75) is 92.3 Å². The van der Waals surface area contributed by atoms with Crippen molar-refractivity contribution in [1.29, 1.82) is 0 Å². The highest BCUT2D eigenvalue weighted by Crippen LogP contribution is 2.27. The second kappa shape index (κ2) is 8.84. The van der Waals surface area contributed by atoms with Gasteiger partial charge >= 0.3 is 0 Å². The Morgan fingerprint density at radius 3 is 1.88 bits per heavy atom. The van der Waals surface area contributed by atoms with E-state index in [1.807, 2.05) is 16.9 Å². The summed E-state index contributed by atoms with van der Waals surface area (Å²) in [7, 11) is 0. The lowest BCUT2D eigenvalue weighted by atomic mass is 9.98. The van der Waals surface area contributed by atoms with Crippen molar-refractivity contribution in [1.82, 2.24) is 20.0 Å². The number of nitrogens with one attached hydrogen (secondary N) is 2. The van der Waals surface area contributed by atoms with E-state index in [2.05, 4.69) is 95.2 Å². The molecule has 0 aromatic carbocycles. The maximum absolute atomic E-state index is 4.43. The maximum Gasteiger partial charge on any atom is 0.205 e. The summed E-state index contributed by atoms with van der Waals surface area (Å²) in [5.41, 5.74) is 0.172. The lowest BCUT2D eigenvalue weighted by molar-refractivity contribution is 0.356. The van der Waals surface area contributed by atoms with Gasteiger partial charge in [-0.25, -0.2) is 0 Å². The first-order valence-electron chi connectivity index (χ1n) is 9.22. The van der Waals surface area contributed by atoms with Crippen LogP contribution in [0.3, 0.4) is 0 Å². The second-order valence-electron chi connectivity index (χ2n) is 9.08. The van der Waals surface area contributed by atoms with Gasteiger partial charge in [0.25, 0.3) is 0 Å². The molecule has 6 nitrogen and oxygen atoms in total. The molecule has 26 heavy (non-hydrogen) atoms. The molecule has 7 heteroatoms. The van der Waals surface area contributed by atoms with Gasteiger partial charge in [-0.05, 0) is 48.5 Å². The highest BCUT2D eigenvalue weighted by Gasteiger charge is 2.19. The van der Waals surface area contributed by atoms with E-state index in [0.717, 1.165) is 16.0 Å². The molecular formula is C19H36N6S. The quantitative estimate of drug-likeness (QED) is 0.771. The predicted molar refractivity (Wildman–Crippen MR) is 113 cm³/mol. The van der Waals surface area contributed by atoms with Gasteiger partial charge in [-0.1, -0.05) is 32.1 Å². The molecule has 0 saturated heterocycles. The molecule has 0 saturated carbocycles. The van der Waals surface area contributed by atoms with Crippen LogP contribution < -0.4 is 10.6 Å². The standard InChI is InChI=1S/C10H19N3.C9H17N3S/c1-8(2)11-9-6-7-13(12-9)10(3,4)5;1-6(2)10-8-12-11-7(13-8)9(3,4)5/h6-8H,1-5H3,(H,11,12);6H,1-5H3,(H,10,12). The topological polar surface area (TPSA) is 67.7 Å². The Morgan fingerprint density at radius 1 is 0.923 bits per heavy atom. The first kappa shape index (κ1) is 22.4. The molecule has 0 aliphatic heterocycles. The lowest BCUT2D eigenvalue weighted by Gasteiger charge is -2.18. The molecule has 0 amide bonds. The first-order valence-corrected chi connectivity index (χ1v) is 10.0. The summed E-state index contributed by atoms with van der Waals surface area (Å²) in [5, 5.41) is 21.2. The van der Waals surface area contributed by atoms with Gasteiger partial charge in [0.05, 0.1) is 5.54 Å². The van der Waals surface area contributed by atoms with E-state index in [1.165, 1.54) is 0 Å². The van der Waals surface area contributed by atoms with Crippen LogP contribution in [0.2, 0.25) is 0 Å². The zero-order valence-electron chi connectivity index (χ0n) is 18.0. The van der Waals surface area contributed by atoms with Crippen LogP contribution in [-0.2, 0) is 11.0 Å². The van der Waals surface area contributed by atoms with Gasteiger partial charge in [-0.3, -0.25) is 4.68 Å². The summed E-state index contributed by atoms with van der Waals surface area (Å²) in [6, 6.07) is 2.86. The molecule has 2 aromatic heterocycles. The van der Waals surface area contributed by atoms with Gasteiger partial charge in [0.2, 0.25) is 5.13 Å². The average Bonchev–Trinajstić information content (AvgIpc) is 3.06. The van der Waals surface area contributed by atoms with Crippen molar-refractivity contribution in [3.8, 4) is 0 Å². The Balaban J connectivity index is 0.000000260. The molecule has 148 valence electrons. The molecule has 0 unspecified atom stereocenters. The van der Waals surface area contributed by atoms with Gasteiger partial charge in [-0.2, -0.15) is 5.10 Å². The summed E-state index contributed by atoms with van der Waals surface area (Å²) < 4.78 is 1.97. The third-order valence-electron chi connectivity index (χ3n) is 3.19. The molecule has 2 N–H and O–H groups in total. The molecule has 0 aliphatic rings. The minimum absolute atomic E-state index is 0.0664. The van der Waals surface area contributed by atoms with Crippen molar-refractivity contribution in [2.75, 3.05) is 10.6 Å². The van der Waals surface area contributed by atoms with Gasteiger partial charge in [0.15, 0.2) is 0 Å². The van der Waals surface area contributed by atoms with Crippen molar-refractivity contribution in [3.63, 3.8) is 0 Å². The lowest BCUT2D eigenvalue weighted by Crippen LogP contribution is -2.22. The molecule has 2 aromatic rings. The molecule has 2 heterocycles. The Kier molecular flexibility index (Phi) is 7.62. The van der Waals surface area contributed by atoms with Crippen LogP contribution in [0.5, 0.6) is 0 Å². The molecule has 2 rings (SSSR count). The number of nitrogens with zero attached hydrogens (tertiary/aromatic N) is 4. The van der Waals surface area contributed by atoms with E-state index in [9.17, 15) is 0 Å². The molecule has 0 atom stereocenters. The highest BCUT2D eigenvalue weighted by molar-refractivity contribution is 7.15. The monoisotopic (exact) mass is 380 g/mol. The summed E-state index contributed by atoms with van der Waals surface area (Å²) in [5.74, 6) is 0.949. The molecule has 0 aliphatic carbocycles. The SMILES string of the molecule is CC(C)Nc1ccn(C(C)(C)C)n1.CC(C)Nc1nnc(C(C)(C)C)s1. The van der Waals surface area contributed by atoms with Crippen molar-refractivity contribution >= 4 is 22.3 Å². The van der Waals surface area contributed by atoms with Crippen LogP contribution in [0.4, 0.5) is 10.9 Å². The number of hydrogen-bond donors (Lipinski definition) is 2. The van der Waals surface area contributed by atoms with Gasteiger partial charge in [-0.15, -0.1) is 10.2 Å². The van der Waals surface area contributed by atoms with Crippen LogP contribution in [0.15, 0.2) is 12.3 Å². The van der Waals surface area contributed by atoms with E-state index in [4.69, 9.17) is 0 Å². The third-order valence-corrected chi connectivity index (χ3v) is 4.47. The second-order valence-corrected chi connectivity index (χ2v) is 10.1. The average molecular weight is 381 g/mol. The van der Waals surface area contributed by atoms with E-state index in [1.54, 1.807) is 11.3 Å². The molecule has 0 bridgehead atoms. The Bertz CT molecular complexity index is 600. The molecule has 0 spiro atoms. The minimum atomic E-state index is 0.0664. The molecular weight excluding hydrogens is 344 g/mol. The normalized spacial score (nSPS) is 12.2. The number of rotatable bonds is 4. The Hall–Kier alpha value is -1.63. The largest absolute Gasteiger partial charge is 0.366 e. The fourth-order valence-electron chi connectivity index (χ4n) is 1.90. The number of hydrogen-bond acceptors (Lipinski definition) is 6. The highest BCUT2D eigenvalue weighted by atomic mass is 32.1. The number of aromatic nitrogens is 4. The minimum Gasteiger partial charge on any atom is -0.366 e. The van der Waals surface area contributed by atoms with E-state index >= 15 is 0 Å². The predicted octanol–water partition coefficient (Wildman–Crippen LogP) is 5.11. The van der Waals surface area contributed by atoms with Crippen molar-refractivity contribution < 1.29 is 0 Å². The smallest absolute Gasteiger partial charge is 0.205 e. The zero-order valence-corrected chi connectivity index (χ0v) is 18.8. The molecule has 0 radical (unpaired) electrons. The van der Waals surface area contributed by atoms with Crippen LogP contribution in [-0.4, -0.2) is 32.1 Å². The van der Waals surface area contributed by atoms with Crippen LogP contribution >= 0.6 is 11.3 Å². The third kappa shape index (κ3) is 7.72. The van der Waals surface area contributed by atoms with Crippen LogP contribution in [0.1, 0.15) is 74.2 Å². The van der Waals surface area contributed by atoms with Crippen molar-refractivity contribution in [2.24, 2.45) is 0 Å². The Labute approximate surface area is 162 Å². The van der Waals surface area contributed by atoms with Gasteiger partial charge in [0, 0.05) is 29.8 Å². The zero-order chi connectivity index (χ0) is 20.1. The first-order chi connectivity index (χ1) is 11.8. The summed E-state index contributed by atoms with van der Waals surface area (Å²) in [6.07, 6.45) is 2.00. The van der Waals surface area contributed by atoms with Gasteiger partial charge < -0.3 is 10.6 Å². The summed E-state index contributed by atoms with van der Waals surface area (Å²) in [6.45, 7) is 21.3. The van der Waals surface area contributed by atoms with Gasteiger partial charge in [0.1, 0.15) is 10.8 Å². The van der Waals surface area contributed by atoms with E-state index in [-0.39, 0.29) is 11.0 Å². The van der Waals surface area contributed by atoms with E-state index < -0.39 is 0 Å². The van der Waals surface area contributed by atoms with E-state index in [0.29, 0.717) is 12.1 Å². The number of anilines is 2. The fraction of sp³-hybridized carbons (Fsp3) is 0.737. The maximum atomic E-state index is 4.43.